The van der Waals surface area contributed by atoms with Crippen LogP contribution in [-0.4, -0.2) is 63.8 Å². The van der Waals surface area contributed by atoms with Crippen molar-refractivity contribution >= 4 is 45.6 Å². The lowest BCUT2D eigenvalue weighted by Gasteiger charge is -2.14. The summed E-state index contributed by atoms with van der Waals surface area (Å²) in [5.74, 6) is -4.53. The predicted molar refractivity (Wildman–Crippen MR) is 99.4 cm³/mol. The molecule has 2 rings (SSSR count). The number of nitrogens with zero attached hydrogens (tertiary/aromatic N) is 2. The van der Waals surface area contributed by atoms with Gasteiger partial charge in [-0.1, -0.05) is 19.3 Å². The van der Waals surface area contributed by atoms with E-state index in [4.69, 9.17) is 4.55 Å². The van der Waals surface area contributed by atoms with Crippen LogP contribution >= 0.6 is 0 Å². The van der Waals surface area contributed by atoms with E-state index in [9.17, 15) is 37.2 Å². The van der Waals surface area contributed by atoms with E-state index in [1.54, 1.807) is 0 Å². The molecule has 2 aliphatic heterocycles. The van der Waals surface area contributed by atoms with Gasteiger partial charge in [-0.25, -0.2) is 4.79 Å². The topological polar surface area (TPSA) is 185 Å². The number of hydrogen-bond donors (Lipinski definition) is 2. The van der Waals surface area contributed by atoms with Crippen LogP contribution in [0.25, 0.3) is 0 Å². The second kappa shape index (κ2) is 10.4. The quantitative estimate of drug-likeness (QED) is 0.228. The maximum Gasteiger partial charge on any atom is 0.333 e. The highest BCUT2D eigenvalue weighted by Crippen LogP contribution is 2.20. The third-order valence-corrected chi connectivity index (χ3v) is 5.77. The molecule has 13 nitrogen and oxygen atoms in total. The molecular formula is C17H23N3O10S. The van der Waals surface area contributed by atoms with E-state index in [1.165, 1.54) is 0 Å². The van der Waals surface area contributed by atoms with Crippen LogP contribution in [0.1, 0.15) is 64.2 Å². The van der Waals surface area contributed by atoms with Crippen molar-refractivity contribution in [1.29, 1.82) is 0 Å². The third-order valence-electron chi connectivity index (χ3n) is 4.69. The first kappa shape index (κ1) is 24.4. The Hall–Kier alpha value is -2.87. The van der Waals surface area contributed by atoms with Gasteiger partial charge in [0.2, 0.25) is 17.7 Å². The van der Waals surface area contributed by atoms with Crippen molar-refractivity contribution in [3.05, 3.63) is 0 Å². The van der Waals surface area contributed by atoms with Crippen LogP contribution in [0.2, 0.25) is 0 Å². The van der Waals surface area contributed by atoms with E-state index in [2.05, 4.69) is 10.3 Å². The summed E-state index contributed by atoms with van der Waals surface area (Å²) in [5.41, 5.74) is 2.27. The lowest BCUT2D eigenvalue weighted by Crippen LogP contribution is -2.45. The highest BCUT2D eigenvalue weighted by Gasteiger charge is 2.48. The van der Waals surface area contributed by atoms with Crippen molar-refractivity contribution < 1.29 is 46.6 Å². The number of amides is 5. The molecule has 0 spiro atoms. The predicted octanol–water partition coefficient (Wildman–Crippen LogP) is -0.629. The Morgan fingerprint density at radius 1 is 0.935 bits per heavy atom. The van der Waals surface area contributed by atoms with Crippen LogP contribution in [0.15, 0.2) is 0 Å². The van der Waals surface area contributed by atoms with Gasteiger partial charge in [0.05, 0.1) is 6.42 Å². The molecule has 172 valence electrons. The standard InChI is InChI=1S/C17H23N3O10S/c21-12(18-19-13(22)8-9-14(19)23)6-4-2-1-3-5-7-16(25)30-20-15(24)10-11(17(20)26)31(27,28)29/h11H,1-10H2,(H,18,21)(H,27,28,29). The molecule has 31 heavy (non-hydrogen) atoms. The first-order valence-electron chi connectivity index (χ1n) is 9.70. The van der Waals surface area contributed by atoms with Gasteiger partial charge in [-0.3, -0.25) is 34.0 Å². The van der Waals surface area contributed by atoms with Gasteiger partial charge in [-0.05, 0) is 12.8 Å². The number of imide groups is 2. The minimum atomic E-state index is -4.77. The fourth-order valence-electron chi connectivity index (χ4n) is 3.03. The van der Waals surface area contributed by atoms with Gasteiger partial charge in [-0.2, -0.15) is 13.4 Å². The third kappa shape index (κ3) is 6.82. The summed E-state index contributed by atoms with van der Waals surface area (Å²) in [5, 5.41) is -1.16. The molecule has 1 atom stereocenters. The molecular weight excluding hydrogens is 438 g/mol. The second-order valence-corrected chi connectivity index (χ2v) is 8.72. The molecule has 14 heteroatoms. The molecule has 2 fully saturated rings. The fraction of sp³-hybridized carbons (Fsp3) is 0.647. The summed E-state index contributed by atoms with van der Waals surface area (Å²) in [6.45, 7) is 0. The lowest BCUT2D eigenvalue weighted by molar-refractivity contribution is -0.197. The largest absolute Gasteiger partial charge is 0.333 e. The average Bonchev–Trinajstić information content (AvgIpc) is 3.14. The SMILES string of the molecule is O=C(CCCCCCCC(=O)ON1C(=O)CC(S(=O)(=O)O)C1=O)NN1C(=O)CCC1=O. The van der Waals surface area contributed by atoms with Crippen molar-refractivity contribution in [3.63, 3.8) is 0 Å². The monoisotopic (exact) mass is 461 g/mol. The van der Waals surface area contributed by atoms with E-state index in [0.29, 0.717) is 32.1 Å². The van der Waals surface area contributed by atoms with Gasteiger partial charge in [0.15, 0.2) is 5.25 Å². The zero-order valence-electron chi connectivity index (χ0n) is 16.6. The van der Waals surface area contributed by atoms with Crippen LogP contribution in [0.4, 0.5) is 0 Å². The maximum atomic E-state index is 11.8. The molecule has 0 aromatic heterocycles. The van der Waals surface area contributed by atoms with E-state index >= 15 is 0 Å². The molecule has 2 heterocycles. The Morgan fingerprint density at radius 3 is 2.03 bits per heavy atom. The van der Waals surface area contributed by atoms with Crippen LogP contribution in [0, 0.1) is 0 Å². The number of hydrogen-bond acceptors (Lipinski definition) is 9. The van der Waals surface area contributed by atoms with Crippen molar-refractivity contribution in [3.8, 4) is 0 Å². The Bertz CT molecular complexity index is 869. The highest BCUT2D eigenvalue weighted by atomic mass is 32.2. The average molecular weight is 461 g/mol. The molecule has 2 N–H and O–H groups in total. The summed E-state index contributed by atoms with van der Waals surface area (Å²) >= 11 is 0. The number of carbonyl (C=O) groups is 6. The summed E-state index contributed by atoms with van der Waals surface area (Å²) < 4.78 is 31.0. The first-order chi connectivity index (χ1) is 14.5. The first-order valence-corrected chi connectivity index (χ1v) is 11.2. The molecule has 0 bridgehead atoms. The minimum absolute atomic E-state index is 0.0647. The zero-order valence-corrected chi connectivity index (χ0v) is 17.4. The van der Waals surface area contributed by atoms with Gasteiger partial charge in [0.25, 0.3) is 21.9 Å². The zero-order chi connectivity index (χ0) is 23.2. The Balaban J connectivity index is 1.57. The molecule has 2 aliphatic rings. The number of nitrogens with one attached hydrogen (secondary N) is 1. The van der Waals surface area contributed by atoms with E-state index in [1.807, 2.05) is 0 Å². The number of rotatable bonds is 11. The lowest BCUT2D eigenvalue weighted by atomic mass is 10.1. The molecule has 2 saturated heterocycles. The van der Waals surface area contributed by atoms with Crippen molar-refractivity contribution in [2.75, 3.05) is 0 Å². The molecule has 0 saturated carbocycles. The fourth-order valence-corrected chi connectivity index (χ4v) is 3.73. The summed E-state index contributed by atoms with van der Waals surface area (Å²) in [6.07, 6.45) is 2.21. The minimum Gasteiger partial charge on any atom is -0.330 e. The summed E-state index contributed by atoms with van der Waals surface area (Å²) in [7, 11) is -4.77. The van der Waals surface area contributed by atoms with E-state index < -0.39 is 57.3 Å². The van der Waals surface area contributed by atoms with Crippen LogP contribution in [0.3, 0.4) is 0 Å². The van der Waals surface area contributed by atoms with Crippen molar-refractivity contribution in [1.82, 2.24) is 15.5 Å². The Morgan fingerprint density at radius 2 is 1.48 bits per heavy atom. The van der Waals surface area contributed by atoms with E-state index in [0.717, 1.165) is 5.01 Å². The Labute approximate surface area is 177 Å². The van der Waals surface area contributed by atoms with E-state index in [-0.39, 0.29) is 30.7 Å². The normalized spacial score (nSPS) is 19.3. The van der Waals surface area contributed by atoms with Crippen LogP contribution in [0.5, 0.6) is 0 Å². The van der Waals surface area contributed by atoms with Gasteiger partial charge >= 0.3 is 5.97 Å². The second-order valence-electron chi connectivity index (χ2n) is 7.12. The molecule has 0 aliphatic carbocycles. The van der Waals surface area contributed by atoms with Gasteiger partial charge in [0, 0.05) is 25.7 Å². The highest BCUT2D eigenvalue weighted by molar-refractivity contribution is 7.87. The number of hydroxylamine groups is 2. The van der Waals surface area contributed by atoms with Crippen molar-refractivity contribution in [2.24, 2.45) is 0 Å². The van der Waals surface area contributed by atoms with Gasteiger partial charge in [0.1, 0.15) is 0 Å². The summed E-state index contributed by atoms with van der Waals surface area (Å²) in [4.78, 5) is 74.3. The van der Waals surface area contributed by atoms with Crippen molar-refractivity contribution in [2.45, 2.75) is 69.5 Å². The molecule has 0 aromatic carbocycles. The smallest absolute Gasteiger partial charge is 0.330 e. The number of carbonyl (C=O) groups excluding carboxylic acids is 6. The molecule has 0 radical (unpaired) electrons. The van der Waals surface area contributed by atoms with Gasteiger partial charge in [-0.15, -0.1) is 5.06 Å². The summed E-state index contributed by atoms with van der Waals surface area (Å²) in [6, 6.07) is 0. The molecule has 5 amide bonds. The number of hydrazine groups is 1. The van der Waals surface area contributed by atoms with Crippen LogP contribution < -0.4 is 5.43 Å². The van der Waals surface area contributed by atoms with Crippen LogP contribution in [-0.2, 0) is 43.7 Å². The molecule has 1 unspecified atom stereocenters. The van der Waals surface area contributed by atoms with Gasteiger partial charge < -0.3 is 4.84 Å². The maximum absolute atomic E-state index is 11.8. The number of unbranched alkanes of at least 4 members (excludes halogenated alkanes) is 4. The Kier molecular flexibility index (Phi) is 8.21. The molecule has 0 aromatic rings.